The largest absolute Gasteiger partial charge is 0.409 e. The van der Waals surface area contributed by atoms with E-state index in [1.54, 1.807) is 0 Å². The van der Waals surface area contributed by atoms with Crippen molar-refractivity contribution in [3.63, 3.8) is 0 Å². The van der Waals surface area contributed by atoms with Gasteiger partial charge < -0.3 is 15.8 Å². The molecule has 4 heteroatoms. The van der Waals surface area contributed by atoms with Gasteiger partial charge in [-0.15, -0.1) is 0 Å². The first-order valence-corrected chi connectivity index (χ1v) is 7.06. The standard InChI is InChI=1S/C14H29N3O/c1-11-7-5-6-8-12(11)17(4)10-9-14(2,3)13(15)16-18/h11-12,18H,5-10H2,1-4H3,(H2,15,16). The average Bonchev–Trinajstić information content (AvgIpc) is 2.35. The number of rotatable bonds is 5. The zero-order chi connectivity index (χ0) is 13.8. The van der Waals surface area contributed by atoms with Gasteiger partial charge in [0.25, 0.3) is 0 Å². The summed E-state index contributed by atoms with van der Waals surface area (Å²) in [6.45, 7) is 7.41. The molecule has 0 bridgehead atoms. The molecule has 2 unspecified atom stereocenters. The maximum atomic E-state index is 8.78. The van der Waals surface area contributed by atoms with Crippen LogP contribution in [0.15, 0.2) is 5.16 Å². The summed E-state index contributed by atoms with van der Waals surface area (Å²) in [7, 11) is 2.20. The average molecular weight is 255 g/mol. The maximum absolute atomic E-state index is 8.78. The Morgan fingerprint density at radius 3 is 2.56 bits per heavy atom. The molecule has 0 amide bonds. The van der Waals surface area contributed by atoms with Crippen molar-refractivity contribution in [1.82, 2.24) is 4.90 Å². The Balaban J connectivity index is 2.47. The van der Waals surface area contributed by atoms with Crippen LogP contribution < -0.4 is 5.73 Å². The molecule has 0 aromatic carbocycles. The molecule has 0 aromatic rings. The van der Waals surface area contributed by atoms with Crippen molar-refractivity contribution in [2.45, 2.75) is 58.9 Å². The smallest absolute Gasteiger partial charge is 0.144 e. The van der Waals surface area contributed by atoms with E-state index in [4.69, 9.17) is 10.9 Å². The highest BCUT2D eigenvalue weighted by Gasteiger charge is 2.28. The van der Waals surface area contributed by atoms with Gasteiger partial charge in [0, 0.05) is 11.5 Å². The predicted octanol–water partition coefficient (Wildman–Crippen LogP) is 2.66. The Hall–Kier alpha value is -0.770. The molecule has 0 saturated heterocycles. The fourth-order valence-corrected chi connectivity index (χ4v) is 2.84. The van der Waals surface area contributed by atoms with Crippen molar-refractivity contribution in [1.29, 1.82) is 0 Å². The van der Waals surface area contributed by atoms with Gasteiger partial charge in [0.05, 0.1) is 0 Å². The normalized spacial score (nSPS) is 26.6. The monoisotopic (exact) mass is 255 g/mol. The van der Waals surface area contributed by atoms with E-state index in [9.17, 15) is 0 Å². The number of hydrogen-bond donors (Lipinski definition) is 2. The molecule has 1 aliphatic rings. The van der Waals surface area contributed by atoms with Crippen molar-refractivity contribution in [3.05, 3.63) is 0 Å². The van der Waals surface area contributed by atoms with Crippen molar-refractivity contribution >= 4 is 5.84 Å². The van der Waals surface area contributed by atoms with Gasteiger partial charge in [-0.25, -0.2) is 0 Å². The highest BCUT2D eigenvalue weighted by atomic mass is 16.4. The highest BCUT2D eigenvalue weighted by molar-refractivity contribution is 5.85. The van der Waals surface area contributed by atoms with Gasteiger partial charge in [-0.1, -0.05) is 38.8 Å². The lowest BCUT2D eigenvalue weighted by molar-refractivity contribution is 0.130. The van der Waals surface area contributed by atoms with Crippen LogP contribution in [0.4, 0.5) is 0 Å². The molecule has 4 nitrogen and oxygen atoms in total. The van der Waals surface area contributed by atoms with Gasteiger partial charge in [0.15, 0.2) is 0 Å². The van der Waals surface area contributed by atoms with E-state index in [-0.39, 0.29) is 5.41 Å². The highest BCUT2D eigenvalue weighted by Crippen LogP contribution is 2.29. The molecule has 1 rings (SSSR count). The molecule has 3 N–H and O–H groups in total. The summed E-state index contributed by atoms with van der Waals surface area (Å²) < 4.78 is 0. The fourth-order valence-electron chi connectivity index (χ4n) is 2.84. The molecule has 1 fully saturated rings. The molecule has 0 spiro atoms. The number of amidine groups is 1. The maximum Gasteiger partial charge on any atom is 0.144 e. The second kappa shape index (κ2) is 6.41. The minimum atomic E-state index is -0.235. The van der Waals surface area contributed by atoms with Crippen molar-refractivity contribution in [2.24, 2.45) is 22.2 Å². The summed E-state index contributed by atoms with van der Waals surface area (Å²) in [5.74, 6) is 1.11. The number of hydrogen-bond acceptors (Lipinski definition) is 3. The van der Waals surface area contributed by atoms with Crippen LogP contribution in [0.5, 0.6) is 0 Å². The van der Waals surface area contributed by atoms with Crippen molar-refractivity contribution < 1.29 is 5.21 Å². The molecule has 0 aliphatic heterocycles. The van der Waals surface area contributed by atoms with E-state index in [0.29, 0.717) is 11.9 Å². The predicted molar refractivity (Wildman–Crippen MR) is 75.9 cm³/mol. The van der Waals surface area contributed by atoms with Crippen LogP contribution in [-0.4, -0.2) is 35.6 Å². The van der Waals surface area contributed by atoms with Gasteiger partial charge in [-0.3, -0.25) is 0 Å². The molecule has 2 atom stereocenters. The number of nitrogens with zero attached hydrogens (tertiary/aromatic N) is 2. The van der Waals surface area contributed by atoms with Crippen LogP contribution in [0.1, 0.15) is 52.9 Å². The summed E-state index contributed by atoms with van der Waals surface area (Å²) in [4.78, 5) is 2.45. The molecule has 0 radical (unpaired) electrons. The van der Waals surface area contributed by atoms with E-state index in [0.717, 1.165) is 18.9 Å². The Bertz CT molecular complexity index is 289. The molecule has 1 aliphatic carbocycles. The molecule has 0 aromatic heterocycles. The topological polar surface area (TPSA) is 61.8 Å². The van der Waals surface area contributed by atoms with Crippen LogP contribution >= 0.6 is 0 Å². The number of oxime groups is 1. The summed E-state index contributed by atoms with van der Waals surface area (Å²) in [5.41, 5.74) is 5.49. The molecule has 1 saturated carbocycles. The lowest BCUT2D eigenvalue weighted by Crippen LogP contribution is -2.42. The van der Waals surface area contributed by atoms with Gasteiger partial charge in [-0.2, -0.15) is 0 Å². The second-order valence-electron chi connectivity index (χ2n) is 6.43. The Morgan fingerprint density at radius 2 is 2.00 bits per heavy atom. The minimum absolute atomic E-state index is 0.235. The van der Waals surface area contributed by atoms with Crippen LogP contribution in [0.3, 0.4) is 0 Å². The second-order valence-corrected chi connectivity index (χ2v) is 6.43. The first-order valence-electron chi connectivity index (χ1n) is 7.06. The zero-order valence-electron chi connectivity index (χ0n) is 12.3. The van der Waals surface area contributed by atoms with Crippen LogP contribution in [0, 0.1) is 11.3 Å². The molecule has 18 heavy (non-hydrogen) atoms. The SMILES string of the molecule is CC1CCCCC1N(C)CCC(C)(C)C(N)=NO. The summed E-state index contributed by atoms with van der Waals surface area (Å²) in [5, 5.41) is 11.9. The zero-order valence-corrected chi connectivity index (χ0v) is 12.3. The van der Waals surface area contributed by atoms with Gasteiger partial charge in [-0.05, 0) is 38.8 Å². The third-order valence-corrected chi connectivity index (χ3v) is 4.52. The van der Waals surface area contributed by atoms with E-state index >= 15 is 0 Å². The summed E-state index contributed by atoms with van der Waals surface area (Å²) in [6.07, 6.45) is 6.30. The molecule has 106 valence electrons. The molecule has 0 heterocycles. The quantitative estimate of drug-likeness (QED) is 0.343. The van der Waals surface area contributed by atoms with Gasteiger partial charge in [0.2, 0.25) is 0 Å². The van der Waals surface area contributed by atoms with E-state index in [1.807, 2.05) is 13.8 Å². The lowest BCUT2D eigenvalue weighted by Gasteiger charge is -2.37. The molecular formula is C14H29N3O. The number of nitrogens with two attached hydrogens (primary N) is 1. The van der Waals surface area contributed by atoms with Crippen LogP contribution in [0.25, 0.3) is 0 Å². The summed E-state index contributed by atoms with van der Waals surface area (Å²) in [6, 6.07) is 0.696. The first kappa shape index (κ1) is 15.3. The van der Waals surface area contributed by atoms with E-state index < -0.39 is 0 Å². The molecular weight excluding hydrogens is 226 g/mol. The summed E-state index contributed by atoms with van der Waals surface area (Å²) >= 11 is 0. The third kappa shape index (κ3) is 3.87. The van der Waals surface area contributed by atoms with Gasteiger partial charge in [0.1, 0.15) is 5.84 Å². The Labute approximate surface area is 111 Å². The minimum Gasteiger partial charge on any atom is -0.409 e. The lowest BCUT2D eigenvalue weighted by atomic mass is 9.83. The van der Waals surface area contributed by atoms with Gasteiger partial charge >= 0.3 is 0 Å². The van der Waals surface area contributed by atoms with Crippen molar-refractivity contribution in [2.75, 3.05) is 13.6 Å². The third-order valence-electron chi connectivity index (χ3n) is 4.52. The van der Waals surface area contributed by atoms with Crippen molar-refractivity contribution in [3.8, 4) is 0 Å². The first-order chi connectivity index (χ1) is 8.38. The Kier molecular flexibility index (Phi) is 5.45. The van der Waals surface area contributed by atoms with Crippen LogP contribution in [-0.2, 0) is 0 Å². The fraction of sp³-hybridized carbons (Fsp3) is 0.929. The van der Waals surface area contributed by atoms with Crippen LogP contribution in [0.2, 0.25) is 0 Å². The van der Waals surface area contributed by atoms with E-state index in [1.165, 1.54) is 25.7 Å². The van der Waals surface area contributed by atoms with E-state index in [2.05, 4.69) is 24.0 Å². The Morgan fingerprint density at radius 1 is 1.39 bits per heavy atom.